The average Bonchev–Trinajstić information content (AvgIpc) is 2.91. The van der Waals surface area contributed by atoms with Crippen LogP contribution in [0.15, 0.2) is 50.9 Å². The van der Waals surface area contributed by atoms with Crippen LogP contribution in [0.4, 0.5) is 5.69 Å². The van der Waals surface area contributed by atoms with Gasteiger partial charge in [-0.2, -0.15) is 0 Å². The van der Waals surface area contributed by atoms with E-state index in [1.54, 1.807) is 18.2 Å². The number of nitrogens with zero attached hydrogens (tertiary/aromatic N) is 2. The molecule has 0 spiro atoms. The van der Waals surface area contributed by atoms with Crippen molar-refractivity contribution in [1.82, 2.24) is 4.31 Å². The predicted octanol–water partition coefficient (Wildman–Crippen LogP) is 1.84. The molecule has 0 bridgehead atoms. The summed E-state index contributed by atoms with van der Waals surface area (Å²) in [5, 5.41) is 8.98. The minimum atomic E-state index is -3.75. The molecule has 21 heavy (non-hydrogen) atoms. The molecule has 0 saturated heterocycles. The second kappa shape index (κ2) is 4.74. The normalized spacial score (nSPS) is 15.7. The van der Waals surface area contributed by atoms with E-state index in [-0.39, 0.29) is 22.8 Å². The van der Waals surface area contributed by atoms with Crippen LogP contribution < -0.4 is 0 Å². The van der Waals surface area contributed by atoms with E-state index in [1.807, 2.05) is 0 Å². The van der Waals surface area contributed by atoms with E-state index in [9.17, 15) is 13.2 Å². The van der Waals surface area contributed by atoms with Crippen molar-refractivity contribution in [3.8, 4) is 0 Å². The maximum atomic E-state index is 12.5. The molecule has 0 amide bonds. The molecule has 0 atom stereocenters. The fourth-order valence-corrected chi connectivity index (χ4v) is 3.41. The number of carbonyl (C=O) groups is 1. The molecule has 1 aromatic carbocycles. The van der Waals surface area contributed by atoms with Crippen molar-refractivity contribution in [2.45, 2.75) is 11.4 Å². The van der Waals surface area contributed by atoms with Gasteiger partial charge in [0.15, 0.2) is 0 Å². The van der Waals surface area contributed by atoms with Gasteiger partial charge in [-0.1, -0.05) is 12.1 Å². The number of hydrogen-bond donors (Lipinski definition) is 1. The van der Waals surface area contributed by atoms with Crippen LogP contribution >= 0.6 is 0 Å². The summed E-state index contributed by atoms with van der Waals surface area (Å²) in [7, 11) is -3.75. The second-order valence-corrected chi connectivity index (χ2v) is 6.20. The van der Waals surface area contributed by atoms with Crippen molar-refractivity contribution in [2.75, 3.05) is 0 Å². The molecule has 2 heterocycles. The summed E-state index contributed by atoms with van der Waals surface area (Å²) in [6, 6.07) is 7.78. The van der Waals surface area contributed by atoms with Gasteiger partial charge < -0.3 is 9.52 Å². The zero-order valence-corrected chi connectivity index (χ0v) is 11.4. The molecule has 0 fully saturated rings. The number of fused-ring (bicyclic) bond motifs is 1. The van der Waals surface area contributed by atoms with Crippen molar-refractivity contribution in [3.05, 3.63) is 47.9 Å². The highest BCUT2D eigenvalue weighted by atomic mass is 32.2. The molecule has 1 aliphatic rings. The zero-order valence-electron chi connectivity index (χ0n) is 10.6. The quantitative estimate of drug-likeness (QED) is 0.932. The van der Waals surface area contributed by atoms with Crippen molar-refractivity contribution in [3.63, 3.8) is 0 Å². The Kier molecular flexibility index (Phi) is 3.02. The number of aromatic carboxylic acids is 1. The molecule has 8 heteroatoms. The van der Waals surface area contributed by atoms with Crippen LogP contribution in [-0.2, 0) is 16.6 Å². The van der Waals surface area contributed by atoms with E-state index >= 15 is 0 Å². The Labute approximate surface area is 120 Å². The first-order valence-corrected chi connectivity index (χ1v) is 7.39. The lowest BCUT2D eigenvalue weighted by Crippen LogP contribution is -2.31. The third kappa shape index (κ3) is 2.19. The second-order valence-electron chi connectivity index (χ2n) is 4.34. The van der Waals surface area contributed by atoms with Gasteiger partial charge in [0.2, 0.25) is 5.76 Å². The Balaban J connectivity index is 1.99. The largest absolute Gasteiger partial charge is 0.475 e. The van der Waals surface area contributed by atoms with E-state index in [4.69, 9.17) is 9.52 Å². The summed E-state index contributed by atoms with van der Waals surface area (Å²) >= 11 is 0. The minimum Gasteiger partial charge on any atom is -0.475 e. The minimum absolute atomic E-state index is 0.0906. The highest BCUT2D eigenvalue weighted by Gasteiger charge is 2.29. The number of para-hydroxylation sites is 1. The van der Waals surface area contributed by atoms with Crippen LogP contribution in [0.5, 0.6) is 0 Å². The molecule has 108 valence electrons. The molecule has 1 N–H and O–H groups in total. The number of aliphatic imine (C=N–C) groups is 1. The molecule has 3 rings (SSSR count). The molecular weight excluding hydrogens is 296 g/mol. The number of furan rings is 1. The lowest BCUT2D eigenvalue weighted by atomic mass is 10.2. The van der Waals surface area contributed by atoms with Crippen molar-refractivity contribution in [2.24, 2.45) is 4.99 Å². The molecule has 0 radical (unpaired) electrons. The van der Waals surface area contributed by atoms with Gasteiger partial charge in [0.25, 0.3) is 10.0 Å². The van der Waals surface area contributed by atoms with Gasteiger partial charge in [0.1, 0.15) is 11.2 Å². The number of benzene rings is 1. The van der Waals surface area contributed by atoms with E-state index in [0.29, 0.717) is 5.69 Å². The lowest BCUT2D eigenvalue weighted by molar-refractivity contribution is 0.0660. The third-order valence-electron chi connectivity index (χ3n) is 3.04. The maximum absolute atomic E-state index is 12.5. The number of hydrogen-bond acceptors (Lipinski definition) is 5. The molecule has 1 aromatic heterocycles. The zero-order chi connectivity index (χ0) is 15.0. The SMILES string of the molecule is O=C(O)c1occc1CN1C=Nc2ccccc2S1(=O)=O. The van der Waals surface area contributed by atoms with Gasteiger partial charge in [-0.05, 0) is 18.2 Å². The molecule has 7 nitrogen and oxygen atoms in total. The summed E-state index contributed by atoms with van der Waals surface area (Å²) in [5.41, 5.74) is 0.622. The monoisotopic (exact) mass is 306 g/mol. The summed E-state index contributed by atoms with van der Waals surface area (Å²) < 4.78 is 30.8. The first-order chi connectivity index (χ1) is 10.00. The number of carboxylic acid groups (broad SMARTS) is 1. The topological polar surface area (TPSA) is 100 Å². The molecular formula is C13H10N2O5S. The van der Waals surface area contributed by atoms with Crippen molar-refractivity contribution >= 4 is 28.0 Å². The lowest BCUT2D eigenvalue weighted by Gasteiger charge is -2.23. The smallest absolute Gasteiger partial charge is 0.372 e. The Morgan fingerprint density at radius 2 is 2.05 bits per heavy atom. The van der Waals surface area contributed by atoms with E-state index in [2.05, 4.69) is 4.99 Å². The summed E-state index contributed by atoms with van der Waals surface area (Å²) in [6.45, 7) is -0.154. The number of sulfonamides is 1. The van der Waals surface area contributed by atoms with Crippen LogP contribution in [0.1, 0.15) is 16.1 Å². The molecule has 0 aliphatic carbocycles. The fourth-order valence-electron chi connectivity index (χ4n) is 2.04. The molecule has 0 saturated carbocycles. The summed E-state index contributed by atoms with van der Waals surface area (Å²) in [6.07, 6.45) is 2.39. The van der Waals surface area contributed by atoms with Crippen molar-refractivity contribution in [1.29, 1.82) is 0 Å². The van der Waals surface area contributed by atoms with Gasteiger partial charge in [0, 0.05) is 5.56 Å². The Morgan fingerprint density at radius 1 is 1.29 bits per heavy atom. The van der Waals surface area contributed by atoms with Gasteiger partial charge >= 0.3 is 5.97 Å². The van der Waals surface area contributed by atoms with E-state index < -0.39 is 16.0 Å². The Bertz CT molecular complexity index is 838. The van der Waals surface area contributed by atoms with Crippen LogP contribution in [-0.4, -0.2) is 30.1 Å². The Hall–Kier alpha value is -2.61. The van der Waals surface area contributed by atoms with Crippen molar-refractivity contribution < 1.29 is 22.7 Å². The van der Waals surface area contributed by atoms with Crippen LogP contribution in [0, 0.1) is 0 Å². The van der Waals surface area contributed by atoms with Crippen LogP contribution in [0.3, 0.4) is 0 Å². The molecule has 0 unspecified atom stereocenters. The maximum Gasteiger partial charge on any atom is 0.372 e. The molecule has 2 aromatic rings. The van der Waals surface area contributed by atoms with Gasteiger partial charge in [-0.15, -0.1) is 0 Å². The summed E-state index contributed by atoms with van der Waals surface area (Å²) in [5.74, 6) is -1.53. The number of rotatable bonds is 3. The molecule has 1 aliphatic heterocycles. The van der Waals surface area contributed by atoms with E-state index in [1.165, 1.54) is 24.7 Å². The predicted molar refractivity (Wildman–Crippen MR) is 73.0 cm³/mol. The highest BCUT2D eigenvalue weighted by molar-refractivity contribution is 7.89. The first-order valence-electron chi connectivity index (χ1n) is 5.95. The standard InChI is InChI=1S/C13H10N2O5S/c16-13(17)12-9(5-6-20-12)7-15-8-14-10-3-1-2-4-11(10)21(15,18)19/h1-6,8H,7H2,(H,16,17). The van der Waals surface area contributed by atoms with Crippen LogP contribution in [0.2, 0.25) is 0 Å². The van der Waals surface area contributed by atoms with Gasteiger partial charge in [-0.3, -0.25) is 4.31 Å². The third-order valence-corrected chi connectivity index (χ3v) is 4.79. The highest BCUT2D eigenvalue weighted by Crippen LogP contribution is 2.31. The fraction of sp³-hybridized carbons (Fsp3) is 0.0769. The average molecular weight is 306 g/mol. The van der Waals surface area contributed by atoms with E-state index in [0.717, 1.165) is 4.31 Å². The van der Waals surface area contributed by atoms with Gasteiger partial charge in [-0.25, -0.2) is 18.2 Å². The first kappa shape index (κ1) is 13.4. The Morgan fingerprint density at radius 3 is 2.81 bits per heavy atom. The summed E-state index contributed by atoms with van der Waals surface area (Å²) in [4.78, 5) is 15.1. The van der Waals surface area contributed by atoms with Gasteiger partial charge in [0.05, 0.1) is 18.5 Å². The van der Waals surface area contributed by atoms with Crippen LogP contribution in [0.25, 0.3) is 0 Å². The number of carboxylic acids is 1.